The van der Waals surface area contributed by atoms with Crippen molar-refractivity contribution in [3.63, 3.8) is 0 Å². The van der Waals surface area contributed by atoms with Crippen molar-refractivity contribution in [3.8, 4) is 0 Å². The molecule has 8 heteroatoms. The molecule has 0 bridgehead atoms. The normalized spacial score (nSPS) is 23.3. The summed E-state index contributed by atoms with van der Waals surface area (Å²) in [4.78, 5) is 26.3. The van der Waals surface area contributed by atoms with E-state index in [4.69, 9.17) is 0 Å². The van der Waals surface area contributed by atoms with Gasteiger partial charge in [0.15, 0.2) is 0 Å². The molecule has 1 saturated carbocycles. The quantitative estimate of drug-likeness (QED) is 0.760. The van der Waals surface area contributed by atoms with E-state index in [1.807, 2.05) is 0 Å². The Hall–Kier alpha value is -2.19. The Bertz CT molecular complexity index is 1170. The SMILES string of the molecule is CC1CCC(NC(=O)c2cn(C)c3ccc(S(=O)(=O)N4CCC(C)CC4)cc3c2=O)CC1. The molecule has 1 aromatic carbocycles. The molecular weight excluding hydrogens is 426 g/mol. The molecule has 1 amide bonds. The van der Waals surface area contributed by atoms with Gasteiger partial charge in [-0.15, -0.1) is 0 Å². The van der Waals surface area contributed by atoms with E-state index < -0.39 is 15.5 Å². The third kappa shape index (κ3) is 4.48. The molecule has 1 aromatic heterocycles. The van der Waals surface area contributed by atoms with Crippen LogP contribution in [-0.2, 0) is 17.1 Å². The molecule has 174 valence electrons. The molecule has 1 N–H and O–H groups in total. The van der Waals surface area contributed by atoms with Gasteiger partial charge in [-0.25, -0.2) is 8.42 Å². The lowest BCUT2D eigenvalue weighted by molar-refractivity contribution is 0.0921. The van der Waals surface area contributed by atoms with E-state index in [1.54, 1.807) is 29.9 Å². The summed E-state index contributed by atoms with van der Waals surface area (Å²) in [6.45, 7) is 5.32. The number of carbonyl (C=O) groups excluding carboxylic acids is 1. The first-order valence-corrected chi connectivity index (χ1v) is 13.0. The predicted octanol–water partition coefficient (Wildman–Crippen LogP) is 3.27. The van der Waals surface area contributed by atoms with Crippen molar-refractivity contribution in [1.82, 2.24) is 14.2 Å². The van der Waals surface area contributed by atoms with E-state index >= 15 is 0 Å². The number of nitrogens with zero attached hydrogens (tertiary/aromatic N) is 2. The Morgan fingerprint density at radius 2 is 1.62 bits per heavy atom. The highest BCUT2D eigenvalue weighted by atomic mass is 32.2. The fraction of sp³-hybridized carbons (Fsp3) is 0.583. The van der Waals surface area contributed by atoms with E-state index in [1.165, 1.54) is 10.4 Å². The Morgan fingerprint density at radius 1 is 1.00 bits per heavy atom. The Kier molecular flexibility index (Phi) is 6.45. The average Bonchev–Trinajstić information content (AvgIpc) is 2.77. The summed E-state index contributed by atoms with van der Waals surface area (Å²) < 4.78 is 29.6. The van der Waals surface area contributed by atoms with Gasteiger partial charge in [0.05, 0.1) is 10.4 Å². The predicted molar refractivity (Wildman–Crippen MR) is 125 cm³/mol. The summed E-state index contributed by atoms with van der Waals surface area (Å²) >= 11 is 0. The molecule has 0 atom stereocenters. The minimum Gasteiger partial charge on any atom is -0.350 e. The molecule has 1 aliphatic heterocycles. The molecule has 1 aliphatic carbocycles. The zero-order chi connectivity index (χ0) is 23.0. The third-order valence-electron chi connectivity index (χ3n) is 7.14. The number of fused-ring (bicyclic) bond motifs is 1. The molecule has 1 saturated heterocycles. The summed E-state index contributed by atoms with van der Waals surface area (Å²) in [6.07, 6.45) is 7.17. The van der Waals surface area contributed by atoms with Gasteiger partial charge in [-0.05, 0) is 68.6 Å². The van der Waals surface area contributed by atoms with Crippen LogP contribution in [0, 0.1) is 11.8 Å². The summed E-state index contributed by atoms with van der Waals surface area (Å²) in [5, 5.41) is 3.26. The van der Waals surface area contributed by atoms with Crippen LogP contribution in [0.3, 0.4) is 0 Å². The summed E-state index contributed by atoms with van der Waals surface area (Å²) in [5.74, 6) is 0.796. The molecule has 32 heavy (non-hydrogen) atoms. The molecule has 2 aliphatic rings. The number of rotatable bonds is 4. The summed E-state index contributed by atoms with van der Waals surface area (Å²) in [6, 6.07) is 4.72. The fourth-order valence-corrected chi connectivity index (χ4v) is 6.33. The molecular formula is C24H33N3O4S. The van der Waals surface area contributed by atoms with Crippen LogP contribution in [0.5, 0.6) is 0 Å². The molecule has 4 rings (SSSR count). The lowest BCUT2D eigenvalue weighted by Crippen LogP contribution is -2.39. The minimum atomic E-state index is -3.68. The van der Waals surface area contributed by atoms with Crippen molar-refractivity contribution < 1.29 is 13.2 Å². The van der Waals surface area contributed by atoms with E-state index in [0.29, 0.717) is 30.4 Å². The van der Waals surface area contributed by atoms with Gasteiger partial charge >= 0.3 is 0 Å². The number of sulfonamides is 1. The topological polar surface area (TPSA) is 88.5 Å². The highest BCUT2D eigenvalue weighted by molar-refractivity contribution is 7.89. The fourth-order valence-electron chi connectivity index (χ4n) is 4.84. The molecule has 0 spiro atoms. The maximum Gasteiger partial charge on any atom is 0.256 e. The zero-order valence-corrected chi connectivity index (χ0v) is 20.0. The van der Waals surface area contributed by atoms with Crippen LogP contribution < -0.4 is 10.7 Å². The van der Waals surface area contributed by atoms with E-state index in [0.717, 1.165) is 38.5 Å². The molecule has 2 aromatic rings. The van der Waals surface area contributed by atoms with Crippen LogP contribution in [0.1, 0.15) is 62.7 Å². The van der Waals surface area contributed by atoms with Crippen LogP contribution >= 0.6 is 0 Å². The first-order valence-electron chi connectivity index (χ1n) is 11.6. The van der Waals surface area contributed by atoms with E-state index in [-0.39, 0.29) is 27.8 Å². The number of hydrogen-bond donors (Lipinski definition) is 1. The largest absolute Gasteiger partial charge is 0.350 e. The molecule has 2 fully saturated rings. The van der Waals surface area contributed by atoms with Crippen molar-refractivity contribution in [3.05, 3.63) is 40.2 Å². The number of nitrogens with one attached hydrogen (secondary N) is 1. The first-order chi connectivity index (χ1) is 15.2. The van der Waals surface area contributed by atoms with Crippen molar-refractivity contribution in [2.24, 2.45) is 18.9 Å². The van der Waals surface area contributed by atoms with Crippen molar-refractivity contribution in [1.29, 1.82) is 0 Å². The summed E-state index contributed by atoms with van der Waals surface area (Å²) in [5.41, 5.74) is 0.230. The second-order valence-electron chi connectivity index (χ2n) is 9.68. The average molecular weight is 460 g/mol. The number of amides is 1. The second kappa shape index (κ2) is 8.98. The number of piperidine rings is 1. The number of pyridine rings is 1. The van der Waals surface area contributed by atoms with Gasteiger partial charge in [0.1, 0.15) is 5.56 Å². The Morgan fingerprint density at radius 3 is 2.28 bits per heavy atom. The van der Waals surface area contributed by atoms with Crippen molar-refractivity contribution >= 4 is 26.8 Å². The Labute approximate surface area is 189 Å². The van der Waals surface area contributed by atoms with Crippen LogP contribution in [0.25, 0.3) is 10.9 Å². The lowest BCUT2D eigenvalue weighted by Gasteiger charge is -2.29. The van der Waals surface area contributed by atoms with E-state index in [9.17, 15) is 18.0 Å². The monoisotopic (exact) mass is 459 g/mol. The standard InChI is InChI=1S/C24H33N3O4S/c1-16-4-6-18(7-5-16)25-24(29)21-15-26(3)22-9-8-19(14-20(22)23(21)28)32(30,31)27-12-10-17(2)11-13-27/h8-9,14-18H,4-7,10-13H2,1-3H3,(H,25,29). The highest BCUT2D eigenvalue weighted by Crippen LogP contribution is 2.26. The number of hydrogen-bond acceptors (Lipinski definition) is 4. The van der Waals surface area contributed by atoms with Gasteiger partial charge in [-0.3, -0.25) is 9.59 Å². The molecule has 7 nitrogen and oxygen atoms in total. The van der Waals surface area contributed by atoms with Crippen LogP contribution in [0.15, 0.2) is 34.1 Å². The number of benzene rings is 1. The van der Waals surface area contributed by atoms with Crippen LogP contribution in [-0.4, -0.2) is 42.3 Å². The first kappa shape index (κ1) is 23.0. The minimum absolute atomic E-state index is 0.0555. The smallest absolute Gasteiger partial charge is 0.256 e. The number of aromatic nitrogens is 1. The zero-order valence-electron chi connectivity index (χ0n) is 19.1. The molecule has 0 unspecified atom stereocenters. The maximum absolute atomic E-state index is 13.2. The van der Waals surface area contributed by atoms with Crippen LogP contribution in [0.4, 0.5) is 0 Å². The van der Waals surface area contributed by atoms with Crippen molar-refractivity contribution in [2.75, 3.05) is 13.1 Å². The van der Waals surface area contributed by atoms with E-state index in [2.05, 4.69) is 19.2 Å². The van der Waals surface area contributed by atoms with Gasteiger partial charge in [-0.2, -0.15) is 4.31 Å². The van der Waals surface area contributed by atoms with Gasteiger partial charge in [0.25, 0.3) is 5.91 Å². The third-order valence-corrected chi connectivity index (χ3v) is 9.03. The van der Waals surface area contributed by atoms with Gasteiger partial charge in [0.2, 0.25) is 15.5 Å². The highest BCUT2D eigenvalue weighted by Gasteiger charge is 2.29. The summed E-state index contributed by atoms with van der Waals surface area (Å²) in [7, 11) is -1.92. The number of aryl methyl sites for hydroxylation is 1. The Balaban J connectivity index is 1.66. The maximum atomic E-state index is 13.2. The lowest BCUT2D eigenvalue weighted by atomic mass is 9.87. The van der Waals surface area contributed by atoms with Gasteiger partial charge < -0.3 is 9.88 Å². The van der Waals surface area contributed by atoms with Crippen molar-refractivity contribution in [2.45, 2.75) is 63.3 Å². The van der Waals surface area contributed by atoms with Crippen LogP contribution in [0.2, 0.25) is 0 Å². The van der Waals surface area contributed by atoms with Gasteiger partial charge in [0, 0.05) is 37.8 Å². The number of carbonyl (C=O) groups is 1. The molecule has 2 heterocycles. The van der Waals surface area contributed by atoms with Gasteiger partial charge in [-0.1, -0.05) is 13.8 Å². The molecule has 0 radical (unpaired) electrons. The second-order valence-corrected chi connectivity index (χ2v) is 11.6.